The van der Waals surface area contributed by atoms with Crippen LogP contribution < -0.4 is 14.2 Å². The molecule has 0 radical (unpaired) electrons. The van der Waals surface area contributed by atoms with Gasteiger partial charge in [-0.1, -0.05) is 32.0 Å². The van der Waals surface area contributed by atoms with Crippen molar-refractivity contribution in [3.63, 3.8) is 0 Å². The number of fused-ring (bicyclic) bond motifs is 2. The van der Waals surface area contributed by atoms with Crippen LogP contribution in [0.25, 0.3) is 10.9 Å². The lowest BCUT2D eigenvalue weighted by molar-refractivity contribution is 0.220. The number of benzene rings is 3. The second-order valence-corrected chi connectivity index (χ2v) is 12.5. The number of ether oxygens (including phenoxy) is 3. The van der Waals surface area contributed by atoms with Crippen LogP contribution in [0.5, 0.6) is 17.2 Å². The minimum Gasteiger partial charge on any atom is -0.494 e. The third-order valence-corrected chi connectivity index (χ3v) is 9.60. The summed E-state index contributed by atoms with van der Waals surface area (Å²) in [6, 6.07) is 18.7. The van der Waals surface area contributed by atoms with E-state index in [4.69, 9.17) is 14.2 Å². The van der Waals surface area contributed by atoms with Crippen molar-refractivity contribution in [3.8, 4) is 17.2 Å². The number of hydrogen-bond donors (Lipinski definition) is 0. The molecule has 5 rings (SSSR count). The number of hydrogen-bond acceptors (Lipinski definition) is 6. The SMILES string of the molecule is COc1cc2c(cc1OC)CN(CCCOc1ccc(S(=O)(=O)c3c(C(C)C)n(C)c4ccccc34)cc1)CC2. The normalized spacial score (nSPS) is 13.9. The summed E-state index contributed by atoms with van der Waals surface area (Å²) in [5.74, 6) is 2.27. The maximum absolute atomic E-state index is 13.8. The molecule has 7 nitrogen and oxygen atoms in total. The number of sulfone groups is 1. The Morgan fingerprint density at radius 1 is 0.925 bits per heavy atom. The second kappa shape index (κ2) is 11.6. The topological polar surface area (TPSA) is 70.0 Å². The number of nitrogens with zero attached hydrogens (tertiary/aromatic N) is 2. The maximum atomic E-state index is 13.8. The predicted octanol–water partition coefficient (Wildman–Crippen LogP) is 5.98. The summed E-state index contributed by atoms with van der Waals surface area (Å²) in [4.78, 5) is 3.09. The highest BCUT2D eigenvalue weighted by atomic mass is 32.2. The van der Waals surface area contributed by atoms with Crippen LogP contribution in [-0.4, -0.2) is 51.8 Å². The summed E-state index contributed by atoms with van der Waals surface area (Å²) in [5.41, 5.74) is 4.32. The molecule has 1 aliphatic rings. The van der Waals surface area contributed by atoms with Crippen LogP contribution in [0.3, 0.4) is 0 Å². The Labute approximate surface area is 237 Å². The van der Waals surface area contributed by atoms with E-state index in [2.05, 4.69) is 17.0 Å². The molecule has 0 fully saturated rings. The van der Waals surface area contributed by atoms with Gasteiger partial charge in [0.05, 0.1) is 25.7 Å². The fourth-order valence-corrected chi connectivity index (χ4v) is 7.59. The molecule has 0 N–H and O–H groups in total. The van der Waals surface area contributed by atoms with Gasteiger partial charge in [0, 0.05) is 43.3 Å². The predicted molar refractivity (Wildman–Crippen MR) is 158 cm³/mol. The smallest absolute Gasteiger partial charge is 0.209 e. The first-order valence-electron chi connectivity index (χ1n) is 13.8. The average Bonchev–Trinajstić information content (AvgIpc) is 3.28. The van der Waals surface area contributed by atoms with Crippen molar-refractivity contribution in [2.75, 3.05) is 33.9 Å². The zero-order valence-corrected chi connectivity index (χ0v) is 24.8. The van der Waals surface area contributed by atoms with Gasteiger partial charge in [-0.25, -0.2) is 8.42 Å². The first kappa shape index (κ1) is 28.1. The summed E-state index contributed by atoms with van der Waals surface area (Å²) < 4.78 is 46.5. The van der Waals surface area contributed by atoms with E-state index in [1.165, 1.54) is 11.1 Å². The molecule has 3 aromatic carbocycles. The van der Waals surface area contributed by atoms with Gasteiger partial charge in [-0.2, -0.15) is 0 Å². The molecule has 1 aliphatic heterocycles. The molecule has 0 bridgehead atoms. The summed E-state index contributed by atoms with van der Waals surface area (Å²) >= 11 is 0. The molecule has 2 heterocycles. The molecule has 4 aromatic rings. The van der Waals surface area contributed by atoms with E-state index in [1.807, 2.05) is 49.7 Å². The first-order valence-corrected chi connectivity index (χ1v) is 15.2. The summed E-state index contributed by atoms with van der Waals surface area (Å²) in [5, 5.41) is 0.756. The lowest BCUT2D eigenvalue weighted by Gasteiger charge is -2.29. The van der Waals surface area contributed by atoms with Gasteiger partial charge in [-0.05, 0) is 72.4 Å². The van der Waals surface area contributed by atoms with Crippen LogP contribution in [-0.2, 0) is 29.9 Å². The quantitative estimate of drug-likeness (QED) is 0.222. The highest BCUT2D eigenvalue weighted by molar-refractivity contribution is 7.91. The lowest BCUT2D eigenvalue weighted by atomic mass is 9.98. The van der Waals surface area contributed by atoms with Crippen LogP contribution >= 0.6 is 0 Å². The van der Waals surface area contributed by atoms with E-state index in [0.717, 1.165) is 60.6 Å². The molecule has 0 spiro atoms. The van der Waals surface area contributed by atoms with Gasteiger partial charge in [0.2, 0.25) is 9.84 Å². The van der Waals surface area contributed by atoms with Crippen molar-refractivity contribution >= 4 is 20.7 Å². The molecular formula is C32H38N2O5S. The van der Waals surface area contributed by atoms with Gasteiger partial charge in [0.25, 0.3) is 0 Å². The number of rotatable bonds is 10. The van der Waals surface area contributed by atoms with Gasteiger partial charge in [-0.15, -0.1) is 0 Å². The van der Waals surface area contributed by atoms with E-state index in [0.29, 0.717) is 17.3 Å². The van der Waals surface area contributed by atoms with Gasteiger partial charge in [0.1, 0.15) is 10.6 Å². The monoisotopic (exact) mass is 562 g/mol. The fourth-order valence-electron chi connectivity index (χ4n) is 5.75. The number of aromatic nitrogens is 1. The zero-order valence-electron chi connectivity index (χ0n) is 23.9. The van der Waals surface area contributed by atoms with Crippen molar-refractivity contribution in [3.05, 3.63) is 77.5 Å². The largest absolute Gasteiger partial charge is 0.494 e. The van der Waals surface area contributed by atoms with Crippen LogP contribution in [0.1, 0.15) is 43.0 Å². The van der Waals surface area contributed by atoms with Crippen molar-refractivity contribution in [2.45, 2.75) is 48.9 Å². The van der Waals surface area contributed by atoms with Crippen LogP contribution in [0.4, 0.5) is 0 Å². The van der Waals surface area contributed by atoms with Gasteiger partial charge in [0.15, 0.2) is 11.5 Å². The lowest BCUT2D eigenvalue weighted by Crippen LogP contribution is -2.32. The van der Waals surface area contributed by atoms with E-state index in [-0.39, 0.29) is 10.8 Å². The Morgan fingerprint density at radius 2 is 1.60 bits per heavy atom. The van der Waals surface area contributed by atoms with Gasteiger partial charge >= 0.3 is 0 Å². The summed E-state index contributed by atoms with van der Waals surface area (Å²) in [7, 11) is 1.55. The standard InChI is InChI=1S/C32H38N2O5S/c1-22(2)31-32(27-9-6-7-10-28(27)33(31)3)40(35,36)26-13-11-25(12-14-26)39-18-8-16-34-17-15-23-19-29(37-4)30(38-5)20-24(23)21-34/h6-7,9-14,19-20,22H,8,15-18,21H2,1-5H3. The zero-order chi connectivity index (χ0) is 28.4. The number of para-hydroxylation sites is 1. The second-order valence-electron chi connectivity index (χ2n) is 10.6. The average molecular weight is 563 g/mol. The van der Waals surface area contributed by atoms with E-state index in [1.54, 1.807) is 38.5 Å². The van der Waals surface area contributed by atoms with E-state index < -0.39 is 9.84 Å². The van der Waals surface area contributed by atoms with Crippen LogP contribution in [0.2, 0.25) is 0 Å². The first-order chi connectivity index (χ1) is 19.2. The number of aryl methyl sites for hydroxylation is 1. The Morgan fingerprint density at radius 3 is 2.27 bits per heavy atom. The molecule has 212 valence electrons. The molecule has 0 aliphatic carbocycles. The molecule has 0 unspecified atom stereocenters. The Kier molecular flexibility index (Phi) is 8.10. The third-order valence-electron chi connectivity index (χ3n) is 7.74. The van der Waals surface area contributed by atoms with Gasteiger partial charge < -0.3 is 18.8 Å². The molecular weight excluding hydrogens is 524 g/mol. The molecule has 0 atom stereocenters. The summed E-state index contributed by atoms with van der Waals surface area (Å²) in [6.45, 7) is 7.39. The summed E-state index contributed by atoms with van der Waals surface area (Å²) in [6.07, 6.45) is 1.85. The van der Waals surface area contributed by atoms with Gasteiger partial charge in [-0.3, -0.25) is 4.90 Å². The Hall–Kier alpha value is -3.49. The minimum absolute atomic E-state index is 0.0584. The molecule has 0 saturated heterocycles. The van der Waals surface area contributed by atoms with Crippen molar-refractivity contribution in [1.82, 2.24) is 9.47 Å². The molecule has 8 heteroatoms. The van der Waals surface area contributed by atoms with E-state index in [9.17, 15) is 8.42 Å². The Balaban J connectivity index is 1.22. The number of methoxy groups -OCH3 is 2. The van der Waals surface area contributed by atoms with E-state index >= 15 is 0 Å². The third kappa shape index (κ3) is 5.30. The molecule has 0 saturated carbocycles. The highest BCUT2D eigenvalue weighted by Gasteiger charge is 2.29. The molecule has 0 amide bonds. The molecule has 1 aromatic heterocycles. The van der Waals surface area contributed by atoms with Crippen molar-refractivity contribution in [2.24, 2.45) is 7.05 Å². The van der Waals surface area contributed by atoms with Crippen LogP contribution in [0, 0.1) is 0 Å². The fraction of sp³-hybridized carbons (Fsp3) is 0.375. The highest BCUT2D eigenvalue weighted by Crippen LogP contribution is 2.37. The maximum Gasteiger partial charge on any atom is 0.209 e. The Bertz CT molecular complexity index is 1610. The van der Waals surface area contributed by atoms with Crippen molar-refractivity contribution in [1.29, 1.82) is 0 Å². The molecule has 40 heavy (non-hydrogen) atoms. The van der Waals surface area contributed by atoms with Crippen molar-refractivity contribution < 1.29 is 22.6 Å². The van der Waals surface area contributed by atoms with Crippen LogP contribution in [0.15, 0.2) is 70.5 Å². The minimum atomic E-state index is -3.71.